The van der Waals surface area contributed by atoms with Crippen molar-refractivity contribution in [3.05, 3.63) is 0 Å². The van der Waals surface area contributed by atoms with E-state index in [1.165, 1.54) is 77.2 Å². The van der Waals surface area contributed by atoms with Gasteiger partial charge in [0, 0.05) is 6.04 Å². The molecular formula is C16H33N. The molecule has 1 rings (SSSR count). The van der Waals surface area contributed by atoms with Gasteiger partial charge in [0.15, 0.2) is 0 Å². The first-order valence-corrected chi connectivity index (χ1v) is 8.11. The van der Waals surface area contributed by atoms with Crippen molar-refractivity contribution in [2.24, 2.45) is 5.92 Å². The van der Waals surface area contributed by atoms with Crippen molar-refractivity contribution in [2.75, 3.05) is 6.54 Å². The van der Waals surface area contributed by atoms with Gasteiger partial charge in [-0.2, -0.15) is 0 Å². The van der Waals surface area contributed by atoms with Crippen LogP contribution in [0.15, 0.2) is 0 Å². The first kappa shape index (κ1) is 15.0. The Hall–Kier alpha value is -0.0400. The SMILES string of the molecule is CCCCCCCCCC(NCCC)C1CC1. The van der Waals surface area contributed by atoms with Gasteiger partial charge in [-0.25, -0.2) is 0 Å². The minimum absolute atomic E-state index is 0.852. The zero-order chi connectivity index (χ0) is 12.3. The van der Waals surface area contributed by atoms with E-state index in [-0.39, 0.29) is 0 Å². The summed E-state index contributed by atoms with van der Waals surface area (Å²) in [7, 11) is 0. The predicted molar refractivity (Wildman–Crippen MR) is 77.4 cm³/mol. The minimum atomic E-state index is 0.852. The second kappa shape index (κ2) is 9.94. The quantitative estimate of drug-likeness (QED) is 0.477. The fourth-order valence-electron chi connectivity index (χ4n) is 2.65. The molecule has 102 valence electrons. The van der Waals surface area contributed by atoms with Crippen molar-refractivity contribution in [2.45, 2.75) is 90.5 Å². The highest BCUT2D eigenvalue weighted by Crippen LogP contribution is 2.34. The van der Waals surface area contributed by atoms with Gasteiger partial charge in [0.05, 0.1) is 0 Å². The van der Waals surface area contributed by atoms with Gasteiger partial charge >= 0.3 is 0 Å². The van der Waals surface area contributed by atoms with E-state index in [1.54, 1.807) is 0 Å². The highest BCUT2D eigenvalue weighted by Gasteiger charge is 2.29. The molecular weight excluding hydrogens is 206 g/mol. The van der Waals surface area contributed by atoms with Crippen molar-refractivity contribution in [3.8, 4) is 0 Å². The Morgan fingerprint density at radius 1 is 0.882 bits per heavy atom. The summed E-state index contributed by atoms with van der Waals surface area (Å²) in [5, 5.41) is 3.74. The van der Waals surface area contributed by atoms with E-state index in [0.29, 0.717) is 0 Å². The minimum Gasteiger partial charge on any atom is -0.314 e. The van der Waals surface area contributed by atoms with Crippen LogP contribution in [0.2, 0.25) is 0 Å². The van der Waals surface area contributed by atoms with Crippen LogP contribution in [0.1, 0.15) is 84.5 Å². The maximum absolute atomic E-state index is 3.74. The molecule has 1 unspecified atom stereocenters. The predicted octanol–water partition coefficient (Wildman–Crippen LogP) is 4.91. The van der Waals surface area contributed by atoms with Crippen LogP contribution in [-0.2, 0) is 0 Å². The molecule has 1 nitrogen and oxygen atoms in total. The van der Waals surface area contributed by atoms with Gasteiger partial charge in [0.25, 0.3) is 0 Å². The topological polar surface area (TPSA) is 12.0 Å². The molecule has 1 N–H and O–H groups in total. The van der Waals surface area contributed by atoms with Crippen LogP contribution in [0.5, 0.6) is 0 Å². The first-order chi connectivity index (χ1) is 8.38. The van der Waals surface area contributed by atoms with Crippen molar-refractivity contribution >= 4 is 0 Å². The molecule has 0 aliphatic heterocycles. The molecule has 0 radical (unpaired) electrons. The lowest BCUT2D eigenvalue weighted by Gasteiger charge is -2.17. The zero-order valence-electron chi connectivity index (χ0n) is 12.1. The maximum atomic E-state index is 3.74. The summed E-state index contributed by atoms with van der Waals surface area (Å²) in [5.74, 6) is 1.03. The zero-order valence-corrected chi connectivity index (χ0v) is 12.1. The third-order valence-corrected chi connectivity index (χ3v) is 3.97. The highest BCUT2D eigenvalue weighted by atomic mass is 14.9. The molecule has 1 saturated carbocycles. The summed E-state index contributed by atoms with van der Waals surface area (Å²) < 4.78 is 0. The Bertz CT molecular complexity index is 163. The molecule has 1 aliphatic rings. The van der Waals surface area contributed by atoms with Crippen molar-refractivity contribution in [1.82, 2.24) is 5.32 Å². The fraction of sp³-hybridized carbons (Fsp3) is 1.00. The van der Waals surface area contributed by atoms with E-state index in [4.69, 9.17) is 0 Å². The Morgan fingerprint density at radius 3 is 2.12 bits per heavy atom. The van der Waals surface area contributed by atoms with Crippen molar-refractivity contribution < 1.29 is 0 Å². The highest BCUT2D eigenvalue weighted by molar-refractivity contribution is 4.86. The molecule has 0 aromatic rings. The van der Waals surface area contributed by atoms with Crippen LogP contribution in [0, 0.1) is 5.92 Å². The number of hydrogen-bond acceptors (Lipinski definition) is 1. The smallest absolute Gasteiger partial charge is 0.00953 e. The van der Waals surface area contributed by atoms with E-state index in [2.05, 4.69) is 19.2 Å². The van der Waals surface area contributed by atoms with E-state index in [9.17, 15) is 0 Å². The van der Waals surface area contributed by atoms with Crippen LogP contribution in [0.3, 0.4) is 0 Å². The second-order valence-electron chi connectivity index (χ2n) is 5.81. The molecule has 0 aromatic carbocycles. The molecule has 0 bridgehead atoms. The first-order valence-electron chi connectivity index (χ1n) is 8.11. The summed E-state index contributed by atoms with van der Waals surface area (Å²) in [6.07, 6.45) is 15.8. The third-order valence-electron chi connectivity index (χ3n) is 3.97. The average molecular weight is 239 g/mol. The number of rotatable bonds is 12. The lowest BCUT2D eigenvalue weighted by atomic mass is 10.0. The van der Waals surface area contributed by atoms with Gasteiger partial charge in [0.2, 0.25) is 0 Å². The van der Waals surface area contributed by atoms with Gasteiger partial charge in [-0.05, 0) is 38.1 Å². The molecule has 1 fully saturated rings. The summed E-state index contributed by atoms with van der Waals surface area (Å²) in [6, 6.07) is 0.852. The van der Waals surface area contributed by atoms with Crippen molar-refractivity contribution in [1.29, 1.82) is 0 Å². The van der Waals surface area contributed by atoms with Crippen LogP contribution >= 0.6 is 0 Å². The summed E-state index contributed by atoms with van der Waals surface area (Å²) in [6.45, 7) is 5.78. The number of nitrogens with one attached hydrogen (secondary N) is 1. The van der Waals surface area contributed by atoms with E-state index in [0.717, 1.165) is 12.0 Å². The van der Waals surface area contributed by atoms with Crippen LogP contribution < -0.4 is 5.32 Å². The van der Waals surface area contributed by atoms with E-state index >= 15 is 0 Å². The monoisotopic (exact) mass is 239 g/mol. The van der Waals surface area contributed by atoms with Crippen LogP contribution in [0.25, 0.3) is 0 Å². The average Bonchev–Trinajstić information content (AvgIpc) is 3.16. The van der Waals surface area contributed by atoms with Gasteiger partial charge in [0.1, 0.15) is 0 Å². The van der Waals surface area contributed by atoms with Crippen molar-refractivity contribution in [3.63, 3.8) is 0 Å². The van der Waals surface area contributed by atoms with E-state index < -0.39 is 0 Å². The third kappa shape index (κ3) is 7.81. The lowest BCUT2D eigenvalue weighted by Crippen LogP contribution is -2.31. The fourth-order valence-corrected chi connectivity index (χ4v) is 2.65. The molecule has 0 heterocycles. The lowest BCUT2D eigenvalue weighted by molar-refractivity contribution is 0.414. The second-order valence-corrected chi connectivity index (χ2v) is 5.81. The van der Waals surface area contributed by atoms with Gasteiger partial charge in [-0.3, -0.25) is 0 Å². The maximum Gasteiger partial charge on any atom is 0.00953 e. The van der Waals surface area contributed by atoms with E-state index in [1.807, 2.05) is 0 Å². The van der Waals surface area contributed by atoms with Gasteiger partial charge in [-0.15, -0.1) is 0 Å². The Morgan fingerprint density at radius 2 is 1.53 bits per heavy atom. The molecule has 0 spiro atoms. The Kier molecular flexibility index (Phi) is 8.78. The Balaban J connectivity index is 1.91. The van der Waals surface area contributed by atoms with Crippen LogP contribution in [-0.4, -0.2) is 12.6 Å². The molecule has 17 heavy (non-hydrogen) atoms. The van der Waals surface area contributed by atoms with Gasteiger partial charge in [-0.1, -0.05) is 58.8 Å². The summed E-state index contributed by atoms with van der Waals surface area (Å²) in [4.78, 5) is 0. The number of hydrogen-bond donors (Lipinski definition) is 1. The molecule has 1 heteroatoms. The normalized spacial score (nSPS) is 17.3. The molecule has 0 aromatic heterocycles. The van der Waals surface area contributed by atoms with Crippen LogP contribution in [0.4, 0.5) is 0 Å². The summed E-state index contributed by atoms with van der Waals surface area (Å²) >= 11 is 0. The Labute approximate surface area is 109 Å². The summed E-state index contributed by atoms with van der Waals surface area (Å²) in [5.41, 5.74) is 0. The largest absolute Gasteiger partial charge is 0.314 e. The molecule has 0 amide bonds. The number of unbranched alkanes of at least 4 members (excludes halogenated alkanes) is 6. The molecule has 1 atom stereocenters. The standard InChI is InChI=1S/C16H33N/c1-3-5-6-7-8-9-10-11-16(15-12-13-15)17-14-4-2/h15-17H,3-14H2,1-2H3. The van der Waals surface area contributed by atoms with Gasteiger partial charge < -0.3 is 5.32 Å². The molecule has 0 saturated heterocycles. The molecule has 1 aliphatic carbocycles.